The SMILES string of the molecule is Clc1ccc(OCc2nc(-c3cc(-c4ccc(Cl)c(Cl)c4)no3)cs2)cc1. The van der Waals surface area contributed by atoms with E-state index in [1.807, 2.05) is 29.6 Å². The van der Waals surface area contributed by atoms with E-state index >= 15 is 0 Å². The Labute approximate surface area is 174 Å². The van der Waals surface area contributed by atoms with Gasteiger partial charge in [-0.3, -0.25) is 0 Å². The van der Waals surface area contributed by atoms with Gasteiger partial charge in [0.2, 0.25) is 0 Å². The van der Waals surface area contributed by atoms with Crippen LogP contribution in [0.4, 0.5) is 0 Å². The highest BCUT2D eigenvalue weighted by molar-refractivity contribution is 7.09. The van der Waals surface area contributed by atoms with Gasteiger partial charge in [0.05, 0.1) is 10.0 Å². The molecule has 0 spiro atoms. The Bertz CT molecular complexity index is 1080. The summed E-state index contributed by atoms with van der Waals surface area (Å²) >= 11 is 19.4. The maximum atomic E-state index is 6.06. The van der Waals surface area contributed by atoms with Crippen molar-refractivity contribution in [3.05, 3.63) is 74.0 Å². The van der Waals surface area contributed by atoms with Crippen LogP contribution < -0.4 is 4.74 Å². The second-order valence-corrected chi connectivity index (χ2v) is 7.77. The molecular weight excluding hydrogens is 427 g/mol. The number of nitrogens with zero attached hydrogens (tertiary/aromatic N) is 2. The Balaban J connectivity index is 1.47. The van der Waals surface area contributed by atoms with Crippen LogP contribution in [0, 0.1) is 0 Å². The van der Waals surface area contributed by atoms with Crippen molar-refractivity contribution in [2.45, 2.75) is 6.61 Å². The number of rotatable bonds is 5. The molecule has 4 rings (SSSR count). The lowest BCUT2D eigenvalue weighted by Gasteiger charge is -2.03. The van der Waals surface area contributed by atoms with Crippen molar-refractivity contribution in [2.24, 2.45) is 0 Å². The zero-order valence-electron chi connectivity index (χ0n) is 13.7. The topological polar surface area (TPSA) is 48.2 Å². The van der Waals surface area contributed by atoms with Crippen LogP contribution in [-0.2, 0) is 6.61 Å². The van der Waals surface area contributed by atoms with Gasteiger partial charge in [-0.1, -0.05) is 46.0 Å². The normalized spacial score (nSPS) is 10.9. The molecule has 4 nitrogen and oxygen atoms in total. The predicted molar refractivity (Wildman–Crippen MR) is 109 cm³/mol. The van der Waals surface area contributed by atoms with E-state index in [0.717, 1.165) is 16.3 Å². The van der Waals surface area contributed by atoms with Crippen molar-refractivity contribution in [1.29, 1.82) is 0 Å². The summed E-state index contributed by atoms with van der Waals surface area (Å²) in [6.45, 7) is 0.361. The third-order valence-corrected chi connectivity index (χ3v) is 5.52. The van der Waals surface area contributed by atoms with Gasteiger partial charge >= 0.3 is 0 Å². The van der Waals surface area contributed by atoms with Crippen molar-refractivity contribution in [1.82, 2.24) is 10.1 Å². The Kier molecular flexibility index (Phi) is 5.36. The highest BCUT2D eigenvalue weighted by Crippen LogP contribution is 2.31. The molecule has 2 aromatic heterocycles. The fourth-order valence-corrected chi connectivity index (χ4v) is 3.47. The Morgan fingerprint density at radius 3 is 2.52 bits per heavy atom. The van der Waals surface area contributed by atoms with Crippen molar-refractivity contribution < 1.29 is 9.26 Å². The van der Waals surface area contributed by atoms with Crippen molar-refractivity contribution in [3.8, 4) is 28.5 Å². The third-order valence-electron chi connectivity index (χ3n) is 3.71. The second-order valence-electron chi connectivity index (χ2n) is 5.57. The predicted octanol–water partition coefficient (Wildman–Crippen LogP) is 7.00. The van der Waals surface area contributed by atoms with E-state index in [4.69, 9.17) is 44.1 Å². The van der Waals surface area contributed by atoms with E-state index in [-0.39, 0.29) is 0 Å². The van der Waals surface area contributed by atoms with Crippen LogP contribution in [0.5, 0.6) is 5.75 Å². The molecule has 0 atom stereocenters. The summed E-state index contributed by atoms with van der Waals surface area (Å²) in [7, 11) is 0. The zero-order valence-corrected chi connectivity index (χ0v) is 16.7. The minimum Gasteiger partial charge on any atom is -0.486 e. The molecule has 2 heterocycles. The quantitative estimate of drug-likeness (QED) is 0.337. The smallest absolute Gasteiger partial charge is 0.186 e. The first-order valence-corrected chi connectivity index (χ1v) is 9.85. The van der Waals surface area contributed by atoms with Crippen molar-refractivity contribution >= 4 is 46.1 Å². The van der Waals surface area contributed by atoms with Gasteiger partial charge in [-0.05, 0) is 36.4 Å². The summed E-state index contributed by atoms with van der Waals surface area (Å²) in [5.74, 6) is 1.31. The average molecular weight is 438 g/mol. The summed E-state index contributed by atoms with van der Waals surface area (Å²) in [5, 5.41) is 8.45. The first-order chi connectivity index (χ1) is 13.1. The van der Waals surface area contributed by atoms with Gasteiger partial charge in [0, 0.05) is 22.0 Å². The summed E-state index contributed by atoms with van der Waals surface area (Å²) in [6, 6.07) is 14.3. The number of thiazole rings is 1. The van der Waals surface area contributed by atoms with E-state index in [9.17, 15) is 0 Å². The molecule has 0 fully saturated rings. The monoisotopic (exact) mass is 436 g/mol. The minimum absolute atomic E-state index is 0.361. The highest BCUT2D eigenvalue weighted by Gasteiger charge is 2.13. The van der Waals surface area contributed by atoms with Gasteiger partial charge < -0.3 is 9.26 Å². The molecule has 0 aliphatic carbocycles. The summed E-state index contributed by atoms with van der Waals surface area (Å²) in [5.41, 5.74) is 2.19. The van der Waals surface area contributed by atoms with Gasteiger partial charge in [0.15, 0.2) is 5.76 Å². The van der Waals surface area contributed by atoms with E-state index in [0.29, 0.717) is 38.8 Å². The van der Waals surface area contributed by atoms with Gasteiger partial charge in [0.25, 0.3) is 0 Å². The van der Waals surface area contributed by atoms with Crippen LogP contribution in [0.1, 0.15) is 5.01 Å². The lowest BCUT2D eigenvalue weighted by molar-refractivity contribution is 0.305. The molecule has 0 N–H and O–H groups in total. The van der Waals surface area contributed by atoms with Gasteiger partial charge in [-0.15, -0.1) is 11.3 Å². The fraction of sp³-hybridized carbons (Fsp3) is 0.0526. The number of ether oxygens (including phenoxy) is 1. The Morgan fingerprint density at radius 1 is 0.926 bits per heavy atom. The number of aromatic nitrogens is 2. The van der Waals surface area contributed by atoms with E-state index in [2.05, 4.69) is 10.1 Å². The third kappa shape index (κ3) is 4.28. The summed E-state index contributed by atoms with van der Waals surface area (Å²) in [4.78, 5) is 4.54. The Morgan fingerprint density at radius 2 is 1.74 bits per heavy atom. The van der Waals surface area contributed by atoms with Crippen molar-refractivity contribution in [3.63, 3.8) is 0 Å². The maximum absolute atomic E-state index is 6.06. The van der Waals surface area contributed by atoms with E-state index in [1.54, 1.807) is 24.3 Å². The molecule has 8 heteroatoms. The standard InChI is InChI=1S/C19H11Cl3N2O2S/c20-12-2-4-13(5-3-12)25-9-19-23-17(10-27-19)18-8-16(24-26-18)11-1-6-14(21)15(22)7-11/h1-8,10H,9H2. The molecule has 136 valence electrons. The lowest BCUT2D eigenvalue weighted by Crippen LogP contribution is -1.94. The van der Waals surface area contributed by atoms with Gasteiger partial charge in [-0.25, -0.2) is 4.98 Å². The summed E-state index contributed by atoms with van der Waals surface area (Å²) in [6.07, 6.45) is 0. The van der Waals surface area contributed by atoms with Crippen LogP contribution in [0.15, 0.2) is 58.4 Å². The molecule has 0 aliphatic heterocycles. The number of hydrogen-bond acceptors (Lipinski definition) is 5. The Hall–Kier alpha value is -2.05. The number of hydrogen-bond donors (Lipinski definition) is 0. The highest BCUT2D eigenvalue weighted by atomic mass is 35.5. The molecule has 0 bridgehead atoms. The number of benzene rings is 2. The molecule has 4 aromatic rings. The van der Waals surface area contributed by atoms with Crippen molar-refractivity contribution in [2.75, 3.05) is 0 Å². The first kappa shape index (κ1) is 18.3. The molecule has 0 amide bonds. The van der Waals surface area contributed by atoms with E-state index in [1.165, 1.54) is 11.3 Å². The molecule has 27 heavy (non-hydrogen) atoms. The molecule has 2 aromatic carbocycles. The van der Waals surface area contributed by atoms with E-state index < -0.39 is 0 Å². The lowest BCUT2D eigenvalue weighted by atomic mass is 10.1. The van der Waals surface area contributed by atoms with Crippen LogP contribution in [0.25, 0.3) is 22.7 Å². The molecular formula is C19H11Cl3N2O2S. The average Bonchev–Trinajstić information content (AvgIpc) is 3.33. The van der Waals surface area contributed by atoms with Crippen LogP contribution >= 0.6 is 46.1 Å². The zero-order chi connectivity index (χ0) is 18.8. The molecule has 0 saturated heterocycles. The fourth-order valence-electron chi connectivity index (χ4n) is 2.35. The summed E-state index contributed by atoms with van der Waals surface area (Å²) < 4.78 is 11.1. The van der Waals surface area contributed by atoms with Crippen LogP contribution in [-0.4, -0.2) is 10.1 Å². The minimum atomic E-state index is 0.361. The largest absolute Gasteiger partial charge is 0.486 e. The first-order valence-electron chi connectivity index (χ1n) is 7.84. The molecule has 0 unspecified atom stereocenters. The van der Waals surface area contributed by atoms with Crippen LogP contribution in [0.2, 0.25) is 15.1 Å². The second kappa shape index (κ2) is 7.90. The van der Waals surface area contributed by atoms with Gasteiger partial charge in [-0.2, -0.15) is 0 Å². The van der Waals surface area contributed by atoms with Crippen LogP contribution in [0.3, 0.4) is 0 Å². The maximum Gasteiger partial charge on any atom is 0.186 e. The number of halogens is 3. The molecule has 0 aliphatic rings. The molecule has 0 radical (unpaired) electrons. The van der Waals surface area contributed by atoms with Gasteiger partial charge in [0.1, 0.15) is 28.8 Å². The molecule has 0 saturated carbocycles.